The van der Waals surface area contributed by atoms with Gasteiger partial charge in [0.05, 0.1) is 0 Å². The fourth-order valence-corrected chi connectivity index (χ4v) is 2.72. The highest BCUT2D eigenvalue weighted by molar-refractivity contribution is 6.09. The quantitative estimate of drug-likeness (QED) is 0.428. The number of rotatable bonds is 10. The van der Waals surface area contributed by atoms with Gasteiger partial charge in [0.2, 0.25) is 12.6 Å². The Balaban J connectivity index is 2.05. The van der Waals surface area contributed by atoms with E-state index >= 15 is 0 Å². The predicted octanol–water partition coefficient (Wildman–Crippen LogP) is 4.93. The number of hydrogen-bond acceptors (Lipinski definition) is 5. The minimum absolute atomic E-state index is 0.0580. The van der Waals surface area contributed by atoms with Gasteiger partial charge in [0, 0.05) is 37.2 Å². The Morgan fingerprint density at radius 1 is 0.643 bits per heavy atom. The fourth-order valence-electron chi connectivity index (χ4n) is 2.72. The topological polar surface area (TPSA) is 54.0 Å². The Hall–Kier alpha value is -2.37. The largest absolute Gasteiger partial charge is 0.465 e. The van der Waals surface area contributed by atoms with Crippen molar-refractivity contribution in [1.82, 2.24) is 0 Å². The van der Waals surface area contributed by atoms with Crippen LogP contribution in [0.2, 0.25) is 0 Å². The second-order valence-electron chi connectivity index (χ2n) is 7.31. The van der Waals surface area contributed by atoms with Crippen molar-refractivity contribution in [3.05, 3.63) is 59.7 Å². The minimum Gasteiger partial charge on any atom is -0.465 e. The molecular formula is C23H30O5. The van der Waals surface area contributed by atoms with Crippen LogP contribution in [0.15, 0.2) is 48.5 Å². The van der Waals surface area contributed by atoms with E-state index in [2.05, 4.69) is 0 Å². The standard InChI is InChI=1S/C23H30O5/c1-15(2)22(25-5)27-19-11-7-17(8-12-19)21(24)18-9-13-20(14-10-18)28-23(26-6)16(3)4/h7-16,22-23H,1-6H3. The molecular weight excluding hydrogens is 356 g/mol. The third-order valence-corrected chi connectivity index (χ3v) is 4.29. The first-order valence-corrected chi connectivity index (χ1v) is 9.49. The number of benzene rings is 2. The molecule has 2 atom stereocenters. The second kappa shape index (κ2) is 10.2. The van der Waals surface area contributed by atoms with Crippen molar-refractivity contribution in [3.63, 3.8) is 0 Å². The summed E-state index contributed by atoms with van der Waals surface area (Å²) in [6.45, 7) is 8.09. The normalized spacial score (nSPS) is 13.4. The molecule has 2 unspecified atom stereocenters. The second-order valence-corrected chi connectivity index (χ2v) is 7.31. The van der Waals surface area contributed by atoms with Crippen LogP contribution in [0.25, 0.3) is 0 Å². The molecule has 0 radical (unpaired) electrons. The van der Waals surface area contributed by atoms with Crippen LogP contribution in [0.4, 0.5) is 0 Å². The summed E-state index contributed by atoms with van der Waals surface area (Å²) in [6.07, 6.45) is -0.647. The summed E-state index contributed by atoms with van der Waals surface area (Å²) in [4.78, 5) is 12.7. The average molecular weight is 386 g/mol. The zero-order valence-corrected chi connectivity index (χ0v) is 17.5. The highest BCUT2D eigenvalue weighted by Crippen LogP contribution is 2.21. The minimum atomic E-state index is -0.323. The van der Waals surface area contributed by atoms with Crippen LogP contribution in [0.3, 0.4) is 0 Å². The molecule has 0 aliphatic rings. The third-order valence-electron chi connectivity index (χ3n) is 4.29. The number of carbonyl (C=O) groups is 1. The van der Waals surface area contributed by atoms with Crippen LogP contribution < -0.4 is 9.47 Å². The van der Waals surface area contributed by atoms with E-state index in [1.807, 2.05) is 27.7 Å². The SMILES string of the molecule is COC(Oc1ccc(C(=O)c2ccc(OC(OC)C(C)C)cc2)cc1)C(C)C. The Labute approximate surface area is 167 Å². The van der Waals surface area contributed by atoms with E-state index in [1.54, 1.807) is 62.8 Å². The lowest BCUT2D eigenvalue weighted by atomic mass is 10.0. The third kappa shape index (κ3) is 5.81. The van der Waals surface area contributed by atoms with Gasteiger partial charge < -0.3 is 18.9 Å². The first kappa shape index (κ1) is 21.9. The van der Waals surface area contributed by atoms with Crippen LogP contribution in [0.1, 0.15) is 43.6 Å². The maximum absolute atomic E-state index is 12.7. The Kier molecular flexibility index (Phi) is 8.03. The van der Waals surface area contributed by atoms with Crippen LogP contribution in [-0.4, -0.2) is 32.6 Å². The molecule has 2 aromatic carbocycles. The zero-order valence-electron chi connectivity index (χ0n) is 17.5. The molecule has 5 nitrogen and oxygen atoms in total. The van der Waals surface area contributed by atoms with Crippen LogP contribution in [0.5, 0.6) is 11.5 Å². The van der Waals surface area contributed by atoms with Gasteiger partial charge in [-0.05, 0) is 48.5 Å². The highest BCUT2D eigenvalue weighted by Gasteiger charge is 2.16. The van der Waals surface area contributed by atoms with Crippen molar-refractivity contribution in [2.24, 2.45) is 11.8 Å². The highest BCUT2D eigenvalue weighted by atomic mass is 16.7. The van der Waals surface area contributed by atoms with E-state index in [0.29, 0.717) is 22.6 Å². The van der Waals surface area contributed by atoms with E-state index in [0.717, 1.165) is 0 Å². The van der Waals surface area contributed by atoms with E-state index in [4.69, 9.17) is 18.9 Å². The van der Waals surface area contributed by atoms with Crippen LogP contribution in [0, 0.1) is 11.8 Å². The van der Waals surface area contributed by atoms with Gasteiger partial charge in [0.15, 0.2) is 5.78 Å². The summed E-state index contributed by atoms with van der Waals surface area (Å²) in [5.74, 6) is 1.72. The molecule has 0 aromatic heterocycles. The van der Waals surface area contributed by atoms with E-state index in [9.17, 15) is 4.79 Å². The summed E-state index contributed by atoms with van der Waals surface area (Å²) in [7, 11) is 3.23. The molecule has 152 valence electrons. The Bertz CT molecular complexity index is 671. The molecule has 0 amide bonds. The lowest BCUT2D eigenvalue weighted by molar-refractivity contribution is -0.0835. The number of hydrogen-bond donors (Lipinski definition) is 0. The summed E-state index contributed by atoms with van der Waals surface area (Å²) < 4.78 is 22.2. The number of methoxy groups -OCH3 is 2. The van der Waals surface area contributed by atoms with E-state index < -0.39 is 0 Å². The maximum Gasteiger partial charge on any atom is 0.201 e. The molecule has 0 N–H and O–H groups in total. The number of ketones is 1. The van der Waals surface area contributed by atoms with Gasteiger partial charge in [-0.15, -0.1) is 0 Å². The molecule has 2 aromatic rings. The predicted molar refractivity (Wildman–Crippen MR) is 109 cm³/mol. The van der Waals surface area contributed by atoms with E-state index in [-0.39, 0.29) is 30.2 Å². The average Bonchev–Trinajstić information content (AvgIpc) is 2.70. The van der Waals surface area contributed by atoms with Gasteiger partial charge in [-0.3, -0.25) is 4.79 Å². The van der Waals surface area contributed by atoms with Gasteiger partial charge in [0.25, 0.3) is 0 Å². The molecule has 0 spiro atoms. The van der Waals surface area contributed by atoms with Crippen molar-refractivity contribution >= 4 is 5.78 Å². The fraction of sp³-hybridized carbons (Fsp3) is 0.435. The van der Waals surface area contributed by atoms with Crippen molar-refractivity contribution in [2.75, 3.05) is 14.2 Å². The number of carbonyl (C=O) groups excluding carboxylic acids is 1. The van der Waals surface area contributed by atoms with E-state index in [1.165, 1.54) is 0 Å². The molecule has 0 fully saturated rings. The molecule has 28 heavy (non-hydrogen) atoms. The number of ether oxygens (including phenoxy) is 4. The summed E-state index contributed by atoms with van der Waals surface area (Å²) in [6, 6.07) is 14.2. The summed E-state index contributed by atoms with van der Waals surface area (Å²) in [5.41, 5.74) is 1.19. The molecule has 0 saturated heterocycles. The van der Waals surface area contributed by atoms with Gasteiger partial charge >= 0.3 is 0 Å². The van der Waals surface area contributed by atoms with Gasteiger partial charge in [0.1, 0.15) is 11.5 Å². The van der Waals surface area contributed by atoms with Crippen LogP contribution >= 0.6 is 0 Å². The summed E-state index contributed by atoms with van der Waals surface area (Å²) in [5, 5.41) is 0. The lowest BCUT2D eigenvalue weighted by Crippen LogP contribution is -2.25. The molecule has 0 bridgehead atoms. The molecule has 0 heterocycles. The molecule has 0 aliphatic heterocycles. The van der Waals surface area contributed by atoms with Crippen LogP contribution in [-0.2, 0) is 9.47 Å². The molecule has 0 saturated carbocycles. The first-order chi connectivity index (χ1) is 13.3. The van der Waals surface area contributed by atoms with Gasteiger partial charge in [-0.2, -0.15) is 0 Å². The maximum atomic E-state index is 12.7. The first-order valence-electron chi connectivity index (χ1n) is 9.49. The Morgan fingerprint density at radius 3 is 1.21 bits per heavy atom. The lowest BCUT2D eigenvalue weighted by Gasteiger charge is -2.21. The van der Waals surface area contributed by atoms with Crippen molar-refractivity contribution in [1.29, 1.82) is 0 Å². The molecule has 2 rings (SSSR count). The van der Waals surface area contributed by atoms with Crippen molar-refractivity contribution < 1.29 is 23.7 Å². The van der Waals surface area contributed by atoms with Gasteiger partial charge in [-0.1, -0.05) is 27.7 Å². The Morgan fingerprint density at radius 2 is 0.964 bits per heavy atom. The molecule has 0 aliphatic carbocycles. The van der Waals surface area contributed by atoms with Crippen molar-refractivity contribution in [3.8, 4) is 11.5 Å². The van der Waals surface area contributed by atoms with Gasteiger partial charge in [-0.25, -0.2) is 0 Å². The van der Waals surface area contributed by atoms with Crippen molar-refractivity contribution in [2.45, 2.75) is 40.3 Å². The summed E-state index contributed by atoms with van der Waals surface area (Å²) >= 11 is 0. The smallest absolute Gasteiger partial charge is 0.201 e. The molecule has 5 heteroatoms. The monoisotopic (exact) mass is 386 g/mol. The zero-order chi connectivity index (χ0) is 20.7.